The molecule has 4 aromatic rings. The molecule has 3 aromatic heterocycles. The Morgan fingerprint density at radius 2 is 1.91 bits per heavy atom. The summed E-state index contributed by atoms with van der Waals surface area (Å²) in [5, 5.41) is 5.91. The number of halogens is 2. The quantitative estimate of drug-likeness (QED) is 0.189. The van der Waals surface area contributed by atoms with E-state index in [0.717, 1.165) is 47.4 Å². The maximum atomic E-state index is 14.2. The van der Waals surface area contributed by atoms with Crippen molar-refractivity contribution < 1.29 is 37.5 Å². The largest absolute Gasteiger partial charge is 0.399 e. The number of aromatic amines is 1. The maximum Gasteiger partial charge on any atom is 0.399 e. The first kappa shape index (κ1) is 30.3. The molecule has 44 heavy (non-hydrogen) atoms. The van der Waals surface area contributed by atoms with E-state index < -0.39 is 36.8 Å². The van der Waals surface area contributed by atoms with Gasteiger partial charge in [-0.2, -0.15) is 8.78 Å². The van der Waals surface area contributed by atoms with Crippen LogP contribution >= 0.6 is 18.9 Å². The van der Waals surface area contributed by atoms with Crippen LogP contribution in [0.5, 0.6) is 0 Å². The van der Waals surface area contributed by atoms with Gasteiger partial charge in [-0.3, -0.25) is 18.9 Å². The van der Waals surface area contributed by atoms with Gasteiger partial charge in [-0.25, -0.2) is 9.97 Å². The molecule has 2 aliphatic heterocycles. The summed E-state index contributed by atoms with van der Waals surface area (Å²) >= 11 is 1.01. The van der Waals surface area contributed by atoms with Crippen molar-refractivity contribution in [2.45, 2.75) is 68.9 Å². The van der Waals surface area contributed by atoms with Crippen LogP contribution in [0.25, 0.3) is 21.3 Å². The van der Waals surface area contributed by atoms with Crippen LogP contribution in [0.4, 0.5) is 8.78 Å². The molecule has 5 heterocycles. The lowest BCUT2D eigenvalue weighted by Crippen LogP contribution is -2.56. The van der Waals surface area contributed by atoms with E-state index in [1.165, 1.54) is 18.5 Å². The molecule has 12 nitrogen and oxygen atoms in total. The van der Waals surface area contributed by atoms with Gasteiger partial charge in [-0.1, -0.05) is 18.9 Å². The fourth-order valence-corrected chi connectivity index (χ4v) is 7.36. The number of pyridine rings is 1. The Labute approximate surface area is 253 Å². The molecule has 0 bridgehead atoms. The Morgan fingerprint density at radius 1 is 1.11 bits per heavy atom. The van der Waals surface area contributed by atoms with Gasteiger partial charge in [0, 0.05) is 29.0 Å². The van der Waals surface area contributed by atoms with Gasteiger partial charge >= 0.3 is 13.3 Å². The summed E-state index contributed by atoms with van der Waals surface area (Å²) < 4.78 is 40.2. The Kier molecular flexibility index (Phi) is 7.99. The van der Waals surface area contributed by atoms with Gasteiger partial charge < -0.3 is 30.3 Å². The summed E-state index contributed by atoms with van der Waals surface area (Å²) in [7, 11) is -5.75. The number of imidazole rings is 1. The van der Waals surface area contributed by atoms with Crippen molar-refractivity contribution in [3.8, 4) is 0 Å². The van der Waals surface area contributed by atoms with Crippen molar-refractivity contribution >= 4 is 57.9 Å². The van der Waals surface area contributed by atoms with Crippen molar-refractivity contribution in [2.75, 3.05) is 0 Å². The molecule has 3 amide bonds. The van der Waals surface area contributed by atoms with Crippen molar-refractivity contribution in [2.24, 2.45) is 0 Å². The van der Waals surface area contributed by atoms with Crippen molar-refractivity contribution in [3.63, 3.8) is 0 Å². The minimum atomic E-state index is -5.75. The molecule has 0 spiro atoms. The number of hydrogen-bond acceptors (Lipinski definition) is 7. The first-order valence-electron chi connectivity index (χ1n) is 14.1. The van der Waals surface area contributed by atoms with Crippen LogP contribution in [0.1, 0.15) is 59.3 Å². The molecule has 0 unspecified atom stereocenters. The van der Waals surface area contributed by atoms with E-state index in [4.69, 9.17) is 9.79 Å². The van der Waals surface area contributed by atoms with Gasteiger partial charge in [0.2, 0.25) is 11.8 Å². The zero-order valence-electron chi connectivity index (χ0n) is 23.2. The van der Waals surface area contributed by atoms with Crippen LogP contribution in [0, 0.1) is 0 Å². The summed E-state index contributed by atoms with van der Waals surface area (Å²) in [4.78, 5) is 71.6. The SMILES string of the molecule is O=C(N[C@H]1CCCC[C@H]2CC[C@@H](C(=O)NCc3cnc4nc[nH]c4c3)N2C1=O)c1cc2cc(C(F)(F)P(=O)(O)O)ccc2s1. The zero-order valence-corrected chi connectivity index (χ0v) is 24.9. The lowest BCUT2D eigenvalue weighted by Gasteiger charge is -2.35. The molecule has 6 rings (SSSR count). The third-order valence-corrected chi connectivity index (χ3v) is 10.3. The van der Waals surface area contributed by atoms with Crippen molar-refractivity contribution in [1.82, 2.24) is 30.5 Å². The second-order valence-electron chi connectivity index (χ2n) is 11.1. The number of hydrogen-bond donors (Lipinski definition) is 5. The van der Waals surface area contributed by atoms with E-state index in [0.29, 0.717) is 36.0 Å². The van der Waals surface area contributed by atoms with Gasteiger partial charge in [-0.15, -0.1) is 11.3 Å². The monoisotopic (exact) mass is 646 g/mol. The number of nitrogens with one attached hydrogen (secondary N) is 3. The number of rotatable bonds is 7. The van der Waals surface area contributed by atoms with Crippen LogP contribution in [0.2, 0.25) is 0 Å². The average molecular weight is 647 g/mol. The standard InChI is InChI=1S/C28H29F2N6O6PS/c29-28(30,43(40,41)42)17-5-8-22-16(10-17)11-23(44-22)26(38)35-19-4-2-1-3-18-6-7-21(36(18)27(19)39)25(37)32-13-15-9-20-24(31-12-15)34-14-33-20/h5,8-12,14,18-19,21H,1-4,6-7,13H2,(H,32,37)(H,35,38)(H,31,33,34)(H2,40,41,42)/t18-,19-,21-/m0/s1. The van der Waals surface area contributed by atoms with Crippen molar-refractivity contribution in [1.29, 1.82) is 0 Å². The molecular formula is C28H29F2N6O6PS. The average Bonchev–Trinajstić information content (AvgIpc) is 3.73. The molecule has 0 saturated carbocycles. The van der Waals surface area contributed by atoms with Gasteiger partial charge in [0.1, 0.15) is 12.1 Å². The van der Waals surface area contributed by atoms with E-state index in [1.54, 1.807) is 11.1 Å². The Balaban J connectivity index is 1.16. The third-order valence-electron chi connectivity index (χ3n) is 8.19. The van der Waals surface area contributed by atoms with E-state index in [-0.39, 0.29) is 34.7 Å². The number of benzene rings is 1. The maximum absolute atomic E-state index is 14.2. The predicted octanol–water partition coefficient (Wildman–Crippen LogP) is 3.75. The highest BCUT2D eigenvalue weighted by molar-refractivity contribution is 7.52. The second kappa shape index (κ2) is 11.6. The molecule has 3 atom stereocenters. The predicted molar refractivity (Wildman–Crippen MR) is 157 cm³/mol. The molecule has 0 aliphatic carbocycles. The molecule has 1 aromatic carbocycles. The highest BCUT2D eigenvalue weighted by Gasteiger charge is 2.50. The first-order chi connectivity index (χ1) is 20.9. The number of thiophene rings is 1. The highest BCUT2D eigenvalue weighted by atomic mass is 32.1. The van der Waals surface area contributed by atoms with Crippen LogP contribution < -0.4 is 10.6 Å². The number of alkyl halides is 2. The molecule has 5 N–H and O–H groups in total. The lowest BCUT2D eigenvalue weighted by molar-refractivity contribution is -0.142. The van der Waals surface area contributed by atoms with Crippen LogP contribution in [0.15, 0.2) is 42.9 Å². The smallest absolute Gasteiger partial charge is 0.350 e. The lowest BCUT2D eigenvalue weighted by atomic mass is 9.99. The number of carbonyl (C=O) groups excluding carboxylic acids is 3. The number of H-pyrrole nitrogens is 1. The fourth-order valence-electron chi connectivity index (χ4n) is 5.94. The topological polar surface area (TPSA) is 178 Å². The third kappa shape index (κ3) is 5.72. The van der Waals surface area contributed by atoms with E-state index in [2.05, 4.69) is 25.6 Å². The second-order valence-corrected chi connectivity index (χ2v) is 13.8. The van der Waals surface area contributed by atoms with E-state index in [1.807, 2.05) is 6.07 Å². The van der Waals surface area contributed by atoms with Crippen molar-refractivity contribution in [3.05, 3.63) is 58.9 Å². The van der Waals surface area contributed by atoms with Gasteiger partial charge in [-0.05, 0) is 60.9 Å². The Morgan fingerprint density at radius 3 is 2.70 bits per heavy atom. The first-order valence-corrected chi connectivity index (χ1v) is 16.5. The number of aromatic nitrogens is 3. The molecule has 2 aliphatic rings. The van der Waals surface area contributed by atoms with Gasteiger partial charge in [0.05, 0.1) is 16.7 Å². The van der Waals surface area contributed by atoms with E-state index >= 15 is 0 Å². The normalized spacial score (nSPS) is 21.2. The molecule has 2 fully saturated rings. The minimum Gasteiger partial charge on any atom is -0.350 e. The number of fused-ring (bicyclic) bond motifs is 3. The van der Waals surface area contributed by atoms with Crippen LogP contribution in [-0.4, -0.2) is 65.5 Å². The molecular weight excluding hydrogens is 617 g/mol. The number of carbonyl (C=O) groups is 3. The molecule has 16 heteroatoms. The van der Waals surface area contributed by atoms with Crippen LogP contribution in [-0.2, 0) is 26.4 Å². The molecule has 2 saturated heterocycles. The van der Waals surface area contributed by atoms with E-state index in [9.17, 15) is 27.7 Å². The fraction of sp³-hybridized carbons (Fsp3) is 0.393. The van der Waals surface area contributed by atoms with Gasteiger partial charge in [0.15, 0.2) is 5.65 Å². The Hall–Kier alpha value is -3.78. The molecule has 0 radical (unpaired) electrons. The number of amides is 3. The van der Waals surface area contributed by atoms with Gasteiger partial charge in [0.25, 0.3) is 5.91 Å². The highest BCUT2D eigenvalue weighted by Crippen LogP contribution is 2.59. The summed E-state index contributed by atoms with van der Waals surface area (Å²) in [6, 6.07) is 4.64. The summed E-state index contributed by atoms with van der Waals surface area (Å²) in [5.74, 6) is -1.21. The van der Waals surface area contributed by atoms with Crippen LogP contribution in [0.3, 0.4) is 0 Å². The molecule has 232 valence electrons. The zero-order chi connectivity index (χ0) is 31.2. The summed E-state index contributed by atoms with van der Waals surface area (Å²) in [6.45, 7) is 0.220. The summed E-state index contributed by atoms with van der Waals surface area (Å²) in [6.07, 6.45) is 7.00. The Bertz CT molecular complexity index is 1810. The number of nitrogens with zero attached hydrogens (tertiary/aromatic N) is 3. The minimum absolute atomic E-state index is 0.126. The summed E-state index contributed by atoms with van der Waals surface area (Å²) in [5.41, 5.74) is -3.15.